The van der Waals surface area contributed by atoms with E-state index in [1.54, 1.807) is 12.3 Å². The number of halogens is 2. The van der Waals surface area contributed by atoms with Crippen molar-refractivity contribution >= 4 is 39.1 Å². The molecule has 3 heterocycles. The molecule has 1 aliphatic carbocycles. The third-order valence-corrected chi connectivity index (χ3v) is 7.85. The zero-order valence-electron chi connectivity index (χ0n) is 20.1. The maximum absolute atomic E-state index is 16.3. The lowest BCUT2D eigenvalue weighted by molar-refractivity contribution is 0.0991. The number of ether oxygens (including phenoxy) is 1. The highest BCUT2D eigenvalue weighted by Gasteiger charge is 2.34. The van der Waals surface area contributed by atoms with Crippen molar-refractivity contribution in [3.8, 4) is 17.3 Å². The molecule has 2 unspecified atom stereocenters. The monoisotopic (exact) mass is 506 g/mol. The number of fused-ring (bicyclic) bond motifs is 4. The Morgan fingerprint density at radius 1 is 1.14 bits per heavy atom. The molecule has 1 saturated heterocycles. The number of rotatable bonds is 6. The molecule has 1 saturated carbocycles. The van der Waals surface area contributed by atoms with Crippen molar-refractivity contribution in [1.29, 1.82) is 0 Å². The molecule has 2 fully saturated rings. The van der Waals surface area contributed by atoms with Gasteiger partial charge in [0.05, 0.1) is 11.5 Å². The Balaban J connectivity index is 1.51. The molecular formula is C28H28ClFN4O2. The van der Waals surface area contributed by atoms with Crippen LogP contribution in [0, 0.1) is 17.7 Å². The standard InChI is InChI=1S/C28H28ClFN4O2/c1-2-19(35)15-36-28-32-26-21(27(33-28)34-13-16-9-10-17(11-16)14-34)12-31-25(24(26)30)20-7-3-5-18-6-4-8-22(29)23(18)20/h3-8,12,16-17,19,35H,2,9-11,13-15H2,1H3/t16?,17?,19-/m0/s1. The second-order valence-electron chi connectivity index (χ2n) is 9.98. The smallest absolute Gasteiger partial charge is 0.319 e. The third-order valence-electron chi connectivity index (χ3n) is 7.54. The summed E-state index contributed by atoms with van der Waals surface area (Å²) >= 11 is 6.53. The number of nitrogens with zero attached hydrogens (tertiary/aromatic N) is 4. The molecule has 1 N–H and O–H groups in total. The number of hydrogen-bond acceptors (Lipinski definition) is 6. The van der Waals surface area contributed by atoms with Gasteiger partial charge in [-0.05, 0) is 49.0 Å². The topological polar surface area (TPSA) is 71.4 Å². The van der Waals surface area contributed by atoms with Crippen LogP contribution in [0.4, 0.5) is 10.2 Å². The molecule has 0 radical (unpaired) electrons. The first kappa shape index (κ1) is 23.4. The van der Waals surface area contributed by atoms with Crippen molar-refractivity contribution in [1.82, 2.24) is 15.0 Å². The van der Waals surface area contributed by atoms with E-state index in [0.717, 1.165) is 23.9 Å². The highest BCUT2D eigenvalue weighted by Crippen LogP contribution is 2.41. The van der Waals surface area contributed by atoms with Crippen LogP contribution in [-0.2, 0) is 0 Å². The quantitative estimate of drug-likeness (QED) is 0.344. The Labute approximate surface area is 214 Å². The van der Waals surface area contributed by atoms with Gasteiger partial charge in [0, 0.05) is 35.3 Å². The van der Waals surface area contributed by atoms with Gasteiger partial charge >= 0.3 is 6.01 Å². The van der Waals surface area contributed by atoms with Gasteiger partial charge in [-0.1, -0.05) is 48.9 Å². The van der Waals surface area contributed by atoms with E-state index in [0.29, 0.717) is 40.0 Å². The van der Waals surface area contributed by atoms with E-state index in [-0.39, 0.29) is 23.8 Å². The maximum atomic E-state index is 16.3. The Bertz CT molecular complexity index is 1430. The summed E-state index contributed by atoms with van der Waals surface area (Å²) in [6, 6.07) is 11.3. The predicted octanol–water partition coefficient (Wildman–Crippen LogP) is 6.02. The van der Waals surface area contributed by atoms with Crippen LogP contribution in [0.25, 0.3) is 32.9 Å². The van der Waals surface area contributed by atoms with Crippen molar-refractivity contribution in [2.75, 3.05) is 24.6 Å². The first-order valence-electron chi connectivity index (χ1n) is 12.6. The molecule has 8 heteroatoms. The second-order valence-corrected chi connectivity index (χ2v) is 10.4. The number of hydrogen-bond donors (Lipinski definition) is 1. The Kier molecular flexibility index (Phi) is 6.13. The lowest BCUT2D eigenvalue weighted by Gasteiger charge is -2.33. The van der Waals surface area contributed by atoms with Crippen LogP contribution < -0.4 is 9.64 Å². The molecule has 0 spiro atoms. The minimum absolute atomic E-state index is 0.0468. The highest BCUT2D eigenvalue weighted by atomic mass is 35.5. The maximum Gasteiger partial charge on any atom is 0.319 e. The molecule has 2 aromatic carbocycles. The number of anilines is 1. The van der Waals surface area contributed by atoms with Crippen LogP contribution in [0.2, 0.25) is 5.02 Å². The fourth-order valence-corrected chi connectivity index (χ4v) is 5.96. The van der Waals surface area contributed by atoms with E-state index in [2.05, 4.69) is 19.9 Å². The SMILES string of the molecule is CC[C@H](O)COc1nc(N2CC3CCC(C3)C2)c2cnc(-c3cccc4cccc(Cl)c34)c(F)c2n1. The zero-order chi connectivity index (χ0) is 24.8. The van der Waals surface area contributed by atoms with Crippen LogP contribution in [0.15, 0.2) is 42.6 Å². The minimum Gasteiger partial charge on any atom is -0.461 e. The van der Waals surface area contributed by atoms with E-state index < -0.39 is 11.9 Å². The molecule has 2 aliphatic rings. The number of piperidine rings is 1. The summed E-state index contributed by atoms with van der Waals surface area (Å²) in [6.07, 6.45) is 5.24. The number of aliphatic hydroxyl groups excluding tert-OH is 1. The minimum atomic E-state index is -0.644. The zero-order valence-corrected chi connectivity index (χ0v) is 20.9. The van der Waals surface area contributed by atoms with Crippen LogP contribution in [0.3, 0.4) is 0 Å². The van der Waals surface area contributed by atoms with Gasteiger partial charge in [0.15, 0.2) is 5.82 Å². The summed E-state index contributed by atoms with van der Waals surface area (Å²) < 4.78 is 22.0. The van der Waals surface area contributed by atoms with Crippen LogP contribution in [-0.4, -0.2) is 45.9 Å². The van der Waals surface area contributed by atoms with Gasteiger partial charge in [-0.15, -0.1) is 0 Å². The summed E-state index contributed by atoms with van der Waals surface area (Å²) in [7, 11) is 0. The number of pyridine rings is 1. The summed E-state index contributed by atoms with van der Waals surface area (Å²) in [5.74, 6) is 1.35. The Morgan fingerprint density at radius 2 is 1.89 bits per heavy atom. The largest absolute Gasteiger partial charge is 0.461 e. The van der Waals surface area contributed by atoms with Crippen LogP contribution in [0.1, 0.15) is 32.6 Å². The van der Waals surface area contributed by atoms with E-state index >= 15 is 4.39 Å². The van der Waals surface area contributed by atoms with Crippen LogP contribution >= 0.6 is 11.6 Å². The lowest BCUT2D eigenvalue weighted by Crippen LogP contribution is -2.37. The van der Waals surface area contributed by atoms with Crippen molar-refractivity contribution in [2.24, 2.45) is 11.8 Å². The van der Waals surface area contributed by atoms with E-state index in [1.807, 2.05) is 37.3 Å². The Morgan fingerprint density at radius 3 is 2.64 bits per heavy atom. The molecule has 6 rings (SSSR count). The first-order valence-corrected chi connectivity index (χ1v) is 13.0. The molecular weight excluding hydrogens is 479 g/mol. The van der Waals surface area contributed by atoms with Gasteiger partial charge in [0.1, 0.15) is 23.6 Å². The summed E-state index contributed by atoms with van der Waals surface area (Å²) in [4.78, 5) is 16.0. The molecule has 3 atom stereocenters. The predicted molar refractivity (Wildman–Crippen MR) is 140 cm³/mol. The van der Waals surface area contributed by atoms with Gasteiger partial charge < -0.3 is 14.7 Å². The van der Waals surface area contributed by atoms with E-state index in [1.165, 1.54) is 19.3 Å². The highest BCUT2D eigenvalue weighted by molar-refractivity contribution is 6.36. The summed E-state index contributed by atoms with van der Waals surface area (Å²) in [6.45, 7) is 3.67. The molecule has 1 aliphatic heterocycles. The summed E-state index contributed by atoms with van der Waals surface area (Å²) in [5, 5.41) is 12.8. The van der Waals surface area contributed by atoms with Crippen molar-refractivity contribution in [2.45, 2.75) is 38.7 Å². The molecule has 6 nitrogen and oxygen atoms in total. The second kappa shape index (κ2) is 9.45. The number of aliphatic hydroxyl groups is 1. The van der Waals surface area contributed by atoms with Gasteiger partial charge in [-0.25, -0.2) is 4.39 Å². The van der Waals surface area contributed by atoms with Gasteiger partial charge in [-0.3, -0.25) is 4.98 Å². The average molecular weight is 507 g/mol. The molecule has 2 bridgehead atoms. The Hall–Kier alpha value is -3.03. The number of benzene rings is 2. The molecule has 4 aromatic rings. The lowest BCUT2D eigenvalue weighted by atomic mass is 9.98. The van der Waals surface area contributed by atoms with Gasteiger partial charge in [-0.2, -0.15) is 9.97 Å². The van der Waals surface area contributed by atoms with Crippen molar-refractivity contribution < 1.29 is 14.2 Å². The van der Waals surface area contributed by atoms with Crippen molar-refractivity contribution in [3.05, 3.63) is 53.4 Å². The van der Waals surface area contributed by atoms with Gasteiger partial charge in [0.2, 0.25) is 0 Å². The fraction of sp³-hybridized carbons (Fsp3) is 0.393. The van der Waals surface area contributed by atoms with Gasteiger partial charge in [0.25, 0.3) is 0 Å². The number of aromatic nitrogens is 3. The van der Waals surface area contributed by atoms with E-state index in [9.17, 15) is 5.11 Å². The fourth-order valence-electron chi connectivity index (χ4n) is 5.68. The summed E-state index contributed by atoms with van der Waals surface area (Å²) in [5.41, 5.74) is 0.953. The van der Waals surface area contributed by atoms with E-state index in [4.69, 9.17) is 16.3 Å². The third kappa shape index (κ3) is 4.14. The molecule has 0 amide bonds. The molecule has 36 heavy (non-hydrogen) atoms. The first-order chi connectivity index (χ1) is 17.5. The molecule has 186 valence electrons. The average Bonchev–Trinajstić information content (AvgIpc) is 3.24. The molecule has 2 aromatic heterocycles. The normalized spacial score (nSPS) is 20.3. The van der Waals surface area contributed by atoms with Crippen LogP contribution in [0.5, 0.6) is 6.01 Å². The van der Waals surface area contributed by atoms with Crippen molar-refractivity contribution in [3.63, 3.8) is 0 Å².